The molecule has 25 heavy (non-hydrogen) atoms. The Morgan fingerprint density at radius 3 is 2.72 bits per heavy atom. The lowest BCUT2D eigenvalue weighted by atomic mass is 10.2. The topological polar surface area (TPSA) is 86.7 Å². The number of hydrogen-bond donors (Lipinski definition) is 2. The third-order valence-electron chi connectivity index (χ3n) is 3.93. The molecule has 0 radical (unpaired) electrons. The number of aliphatic hydroxyl groups excluding tert-OH is 1. The van der Waals surface area contributed by atoms with Gasteiger partial charge in [-0.25, -0.2) is 0 Å². The van der Waals surface area contributed by atoms with Gasteiger partial charge in [0.25, 0.3) is 11.1 Å². The highest BCUT2D eigenvalue weighted by atomic mass is 32.2. The number of imide groups is 1. The Morgan fingerprint density at radius 2 is 2.04 bits per heavy atom. The van der Waals surface area contributed by atoms with Gasteiger partial charge in [-0.3, -0.25) is 19.3 Å². The summed E-state index contributed by atoms with van der Waals surface area (Å²) in [6.45, 7) is 0.0403. The van der Waals surface area contributed by atoms with Crippen molar-refractivity contribution in [3.63, 3.8) is 0 Å². The van der Waals surface area contributed by atoms with Gasteiger partial charge in [-0.1, -0.05) is 30.3 Å². The molecule has 2 atom stereocenters. The zero-order chi connectivity index (χ0) is 17.8. The Bertz CT molecular complexity index is 708. The fourth-order valence-corrected chi connectivity index (χ4v) is 4.60. The van der Waals surface area contributed by atoms with Crippen LogP contribution in [0.5, 0.6) is 0 Å². The number of benzene rings is 1. The van der Waals surface area contributed by atoms with E-state index in [2.05, 4.69) is 5.32 Å². The summed E-state index contributed by atoms with van der Waals surface area (Å²) in [6, 6.07) is 9.04. The minimum atomic E-state index is -0.542. The van der Waals surface area contributed by atoms with Gasteiger partial charge in [0.1, 0.15) is 0 Å². The van der Waals surface area contributed by atoms with Crippen LogP contribution in [0.3, 0.4) is 0 Å². The number of carbonyl (C=O) groups excluding carboxylic acids is 3. The van der Waals surface area contributed by atoms with E-state index in [0.29, 0.717) is 16.4 Å². The summed E-state index contributed by atoms with van der Waals surface area (Å²) >= 11 is 2.47. The summed E-state index contributed by atoms with van der Waals surface area (Å²) in [5.41, 5.74) is 0.846. The monoisotopic (exact) mass is 378 g/mol. The predicted octanol–water partition coefficient (Wildman–Crippen LogP) is 1.71. The smallest absolute Gasteiger partial charge is 0.293 e. The summed E-state index contributed by atoms with van der Waals surface area (Å²) in [6.07, 6.45) is 1.17. The third kappa shape index (κ3) is 4.45. The van der Waals surface area contributed by atoms with Crippen LogP contribution in [0.25, 0.3) is 6.08 Å². The molecule has 1 aromatic rings. The number of thioether (sulfide) groups is 2. The Hall–Kier alpha value is -1.77. The van der Waals surface area contributed by atoms with E-state index in [9.17, 15) is 19.5 Å². The lowest BCUT2D eigenvalue weighted by Gasteiger charge is -2.17. The van der Waals surface area contributed by atoms with Crippen LogP contribution in [-0.2, 0) is 9.59 Å². The van der Waals surface area contributed by atoms with Crippen molar-refractivity contribution >= 4 is 46.7 Å². The van der Waals surface area contributed by atoms with E-state index in [1.165, 1.54) is 0 Å². The fraction of sp³-hybridized carbons (Fsp3) is 0.353. The number of nitrogens with one attached hydrogen (secondary N) is 1. The molecular formula is C17H18N2O4S2. The minimum absolute atomic E-state index is 0.0323. The molecule has 2 fully saturated rings. The predicted molar refractivity (Wildman–Crippen MR) is 99.0 cm³/mol. The number of nitrogens with zero attached hydrogens (tertiary/aromatic N) is 1. The third-order valence-corrected chi connectivity index (χ3v) is 6.01. The molecule has 0 aromatic heterocycles. The normalized spacial score (nSPS) is 25.0. The summed E-state index contributed by atoms with van der Waals surface area (Å²) in [4.78, 5) is 37.9. The maximum atomic E-state index is 12.4. The Morgan fingerprint density at radius 1 is 1.28 bits per heavy atom. The van der Waals surface area contributed by atoms with Crippen molar-refractivity contribution in [2.24, 2.45) is 0 Å². The zero-order valence-electron chi connectivity index (χ0n) is 13.4. The SMILES string of the molecule is O=C(CCN1C(=O)S/C(=C\c2ccccc2)C1=O)N[C@H]1CSC[C@@H]1O. The summed E-state index contributed by atoms with van der Waals surface area (Å²) < 4.78 is 0. The molecule has 0 bridgehead atoms. The first-order chi connectivity index (χ1) is 12.0. The number of hydrogen-bond acceptors (Lipinski definition) is 6. The molecule has 3 amide bonds. The molecule has 2 aliphatic rings. The molecule has 0 spiro atoms. The molecule has 2 saturated heterocycles. The standard InChI is InChI=1S/C17H18N2O4S2/c20-13-10-24-9-12(13)18-15(21)6-7-19-16(22)14(25-17(19)23)8-11-4-2-1-3-5-11/h1-5,8,12-13,20H,6-7,9-10H2,(H,18,21)/b14-8-/t12-,13-/m0/s1. The van der Waals surface area contributed by atoms with Gasteiger partial charge in [-0.2, -0.15) is 11.8 Å². The van der Waals surface area contributed by atoms with Crippen LogP contribution in [0.2, 0.25) is 0 Å². The highest BCUT2D eigenvalue weighted by molar-refractivity contribution is 8.18. The van der Waals surface area contributed by atoms with E-state index in [4.69, 9.17) is 0 Å². The highest BCUT2D eigenvalue weighted by Gasteiger charge is 2.35. The quantitative estimate of drug-likeness (QED) is 0.759. The van der Waals surface area contributed by atoms with Crippen molar-refractivity contribution in [2.75, 3.05) is 18.1 Å². The minimum Gasteiger partial charge on any atom is -0.390 e. The summed E-state index contributed by atoms with van der Waals surface area (Å²) in [7, 11) is 0. The summed E-state index contributed by atoms with van der Waals surface area (Å²) in [5.74, 6) is 0.646. The first-order valence-corrected chi connectivity index (χ1v) is 9.87. The van der Waals surface area contributed by atoms with Gasteiger partial charge in [0, 0.05) is 24.5 Å². The fourth-order valence-electron chi connectivity index (χ4n) is 2.57. The van der Waals surface area contributed by atoms with E-state index in [1.807, 2.05) is 30.3 Å². The first-order valence-electron chi connectivity index (χ1n) is 7.90. The maximum absolute atomic E-state index is 12.4. The molecule has 6 nitrogen and oxygen atoms in total. The van der Waals surface area contributed by atoms with Crippen molar-refractivity contribution in [2.45, 2.75) is 18.6 Å². The lowest BCUT2D eigenvalue weighted by molar-refractivity contribution is -0.124. The maximum Gasteiger partial charge on any atom is 0.293 e. The molecule has 0 unspecified atom stereocenters. The molecule has 3 rings (SSSR count). The van der Waals surface area contributed by atoms with Crippen molar-refractivity contribution < 1.29 is 19.5 Å². The van der Waals surface area contributed by atoms with Crippen LogP contribution in [0.15, 0.2) is 35.2 Å². The number of rotatable bonds is 5. The van der Waals surface area contributed by atoms with Gasteiger partial charge >= 0.3 is 0 Å². The second-order valence-electron chi connectivity index (χ2n) is 5.77. The second-order valence-corrected chi connectivity index (χ2v) is 7.84. The van der Waals surface area contributed by atoms with Crippen molar-refractivity contribution in [3.8, 4) is 0 Å². The van der Waals surface area contributed by atoms with Crippen LogP contribution in [0, 0.1) is 0 Å². The molecule has 2 heterocycles. The van der Waals surface area contributed by atoms with Gasteiger partial charge in [-0.15, -0.1) is 0 Å². The van der Waals surface area contributed by atoms with Crippen molar-refractivity contribution in [1.82, 2.24) is 10.2 Å². The Balaban J connectivity index is 1.56. The van der Waals surface area contributed by atoms with Gasteiger partial charge in [-0.05, 0) is 23.4 Å². The van der Waals surface area contributed by atoms with Gasteiger partial charge in [0.2, 0.25) is 5.91 Å². The molecular weight excluding hydrogens is 360 g/mol. The van der Waals surface area contributed by atoms with E-state index in [0.717, 1.165) is 22.2 Å². The van der Waals surface area contributed by atoms with Gasteiger partial charge in [0.15, 0.2) is 0 Å². The van der Waals surface area contributed by atoms with Crippen LogP contribution >= 0.6 is 23.5 Å². The average Bonchev–Trinajstić information content (AvgIpc) is 3.11. The van der Waals surface area contributed by atoms with Crippen LogP contribution in [0.1, 0.15) is 12.0 Å². The highest BCUT2D eigenvalue weighted by Crippen LogP contribution is 2.32. The van der Waals surface area contributed by atoms with Gasteiger partial charge in [0.05, 0.1) is 17.1 Å². The molecule has 132 valence electrons. The number of aliphatic hydroxyl groups is 1. The van der Waals surface area contributed by atoms with E-state index >= 15 is 0 Å². The Kier molecular flexibility index (Phi) is 5.82. The van der Waals surface area contributed by atoms with Crippen molar-refractivity contribution in [1.29, 1.82) is 0 Å². The molecule has 0 aliphatic carbocycles. The number of carbonyl (C=O) groups is 3. The first kappa shape index (κ1) is 18.0. The zero-order valence-corrected chi connectivity index (χ0v) is 15.0. The largest absolute Gasteiger partial charge is 0.390 e. The molecule has 2 N–H and O–H groups in total. The second kappa shape index (κ2) is 8.07. The average molecular weight is 378 g/mol. The van der Waals surface area contributed by atoms with Crippen molar-refractivity contribution in [3.05, 3.63) is 40.8 Å². The Labute approximate surface area is 154 Å². The van der Waals surface area contributed by atoms with E-state index < -0.39 is 6.10 Å². The number of amides is 3. The van der Waals surface area contributed by atoms with Crippen LogP contribution in [-0.4, -0.2) is 57.3 Å². The van der Waals surface area contributed by atoms with Crippen LogP contribution in [0.4, 0.5) is 4.79 Å². The summed E-state index contributed by atoms with van der Waals surface area (Å²) in [5, 5.41) is 12.1. The lowest BCUT2D eigenvalue weighted by Crippen LogP contribution is -2.43. The van der Waals surface area contributed by atoms with Gasteiger partial charge < -0.3 is 10.4 Å². The molecule has 2 aliphatic heterocycles. The van der Waals surface area contributed by atoms with E-state index in [1.54, 1.807) is 17.8 Å². The van der Waals surface area contributed by atoms with E-state index in [-0.39, 0.29) is 36.1 Å². The molecule has 8 heteroatoms. The molecule has 0 saturated carbocycles. The molecule has 1 aromatic carbocycles. The van der Waals surface area contributed by atoms with Crippen LogP contribution < -0.4 is 5.32 Å².